The smallest absolute Gasteiger partial charge is 0.308 e. The highest BCUT2D eigenvalue weighted by Crippen LogP contribution is 2.70. The van der Waals surface area contributed by atoms with Gasteiger partial charge in [0.1, 0.15) is 11.5 Å². The summed E-state index contributed by atoms with van der Waals surface area (Å²) in [6, 6.07) is 39.2. The van der Waals surface area contributed by atoms with Crippen molar-refractivity contribution in [2.24, 2.45) is 0 Å². The molecule has 0 radical (unpaired) electrons. The van der Waals surface area contributed by atoms with Gasteiger partial charge in [-0.25, -0.2) is 3.63 Å². The first kappa shape index (κ1) is 30.1. The van der Waals surface area contributed by atoms with E-state index in [2.05, 4.69) is 0 Å². The fraction of sp³-hybridized carbons (Fsp3) is 0.0556. The minimum Gasteiger partial charge on any atom is -0.425 e. The van der Waals surface area contributed by atoms with Crippen LogP contribution in [0.4, 0.5) is 0 Å². The number of rotatable bonds is 8. The molecule has 0 aliphatic heterocycles. The molecule has 9 heteroatoms. The van der Waals surface area contributed by atoms with Gasteiger partial charge in [-0.2, -0.15) is 8.42 Å². The zero-order valence-electron chi connectivity index (χ0n) is 24.4. The lowest BCUT2D eigenvalue weighted by Gasteiger charge is -2.39. The average molecular weight is 637 g/mol. The van der Waals surface area contributed by atoms with E-state index in [4.69, 9.17) is 13.1 Å². The Morgan fingerprint density at radius 2 is 0.844 bits per heavy atom. The van der Waals surface area contributed by atoms with E-state index in [1.165, 1.54) is 32.0 Å². The SMILES string of the molecule is CC(=O)Oc1c2ccccc2c(OC(C)=O)c2cc(S(=O)(=O)OS(c3ccccc3)(c3ccccc3)c3ccccc3)ccc12. The van der Waals surface area contributed by atoms with E-state index in [9.17, 15) is 18.0 Å². The first-order valence-electron chi connectivity index (χ1n) is 14.0. The molecule has 0 spiro atoms. The number of esters is 2. The van der Waals surface area contributed by atoms with E-state index in [0.717, 1.165) is 0 Å². The van der Waals surface area contributed by atoms with Gasteiger partial charge < -0.3 is 9.47 Å². The molecule has 0 saturated carbocycles. The Kier molecular flexibility index (Phi) is 8.16. The van der Waals surface area contributed by atoms with Crippen molar-refractivity contribution in [2.75, 3.05) is 0 Å². The molecule has 0 unspecified atom stereocenters. The molecule has 0 heterocycles. The van der Waals surface area contributed by atoms with Gasteiger partial charge in [-0.1, -0.05) is 78.9 Å². The molecule has 226 valence electrons. The van der Waals surface area contributed by atoms with Crippen molar-refractivity contribution in [2.45, 2.75) is 33.4 Å². The summed E-state index contributed by atoms with van der Waals surface area (Å²) in [5.74, 6) is -0.767. The number of carbonyl (C=O) groups excluding carboxylic acids is 2. The number of hydrogen-bond acceptors (Lipinski definition) is 7. The third-order valence-corrected chi connectivity index (χ3v) is 12.3. The Labute approximate surface area is 262 Å². The van der Waals surface area contributed by atoms with Gasteiger partial charge >= 0.3 is 22.1 Å². The third-order valence-electron chi connectivity index (χ3n) is 7.09. The zero-order chi connectivity index (χ0) is 31.6. The van der Waals surface area contributed by atoms with E-state index in [-0.39, 0.29) is 21.8 Å². The fourth-order valence-corrected chi connectivity index (χ4v) is 10.5. The predicted octanol–water partition coefficient (Wildman–Crippen LogP) is 8.45. The average Bonchev–Trinajstić information content (AvgIpc) is 3.06. The number of fused-ring (bicyclic) bond motifs is 2. The Balaban J connectivity index is 1.62. The largest absolute Gasteiger partial charge is 0.425 e. The maximum atomic E-state index is 14.5. The van der Waals surface area contributed by atoms with Crippen molar-refractivity contribution < 1.29 is 31.1 Å². The summed E-state index contributed by atoms with van der Waals surface area (Å²) < 4.78 is 46.7. The predicted molar refractivity (Wildman–Crippen MR) is 174 cm³/mol. The van der Waals surface area contributed by atoms with Crippen LogP contribution in [0, 0.1) is 0 Å². The second kappa shape index (κ2) is 12.2. The summed E-state index contributed by atoms with van der Waals surface area (Å²) >= 11 is 0. The molecule has 0 saturated heterocycles. The molecule has 0 aliphatic carbocycles. The van der Waals surface area contributed by atoms with Crippen molar-refractivity contribution in [3.8, 4) is 11.5 Å². The van der Waals surface area contributed by atoms with E-state index in [1.807, 2.05) is 91.0 Å². The Bertz CT molecular complexity index is 2050. The normalized spacial score (nSPS) is 12.1. The second-order valence-electron chi connectivity index (χ2n) is 10.1. The molecule has 0 amide bonds. The fourth-order valence-electron chi connectivity index (χ4n) is 5.28. The Morgan fingerprint density at radius 3 is 1.27 bits per heavy atom. The van der Waals surface area contributed by atoms with Crippen LogP contribution in [0.1, 0.15) is 13.8 Å². The number of benzene rings is 6. The topological polar surface area (TPSA) is 96.0 Å². The van der Waals surface area contributed by atoms with Crippen molar-refractivity contribution in [1.82, 2.24) is 0 Å². The minimum atomic E-state index is -4.50. The third kappa shape index (κ3) is 5.69. The van der Waals surface area contributed by atoms with Gasteiger partial charge in [0, 0.05) is 50.1 Å². The number of carbonyl (C=O) groups is 2. The molecule has 0 atom stereocenters. The Morgan fingerprint density at radius 1 is 0.467 bits per heavy atom. The van der Waals surface area contributed by atoms with Crippen LogP contribution in [0.3, 0.4) is 0 Å². The molecule has 0 bridgehead atoms. The van der Waals surface area contributed by atoms with Crippen LogP contribution in [0.25, 0.3) is 21.5 Å². The molecule has 7 nitrogen and oxygen atoms in total. The molecule has 0 aromatic heterocycles. The van der Waals surface area contributed by atoms with Gasteiger partial charge in [0.25, 0.3) is 0 Å². The maximum absolute atomic E-state index is 14.5. The molecular formula is C36H28O7S2. The molecule has 0 aliphatic rings. The van der Waals surface area contributed by atoms with Crippen molar-refractivity contribution in [3.63, 3.8) is 0 Å². The minimum absolute atomic E-state index is 0.147. The van der Waals surface area contributed by atoms with Crippen molar-refractivity contribution in [1.29, 1.82) is 0 Å². The molecule has 0 fully saturated rings. The monoisotopic (exact) mass is 636 g/mol. The highest BCUT2D eigenvalue weighted by atomic mass is 32.3. The molecule has 6 rings (SSSR count). The van der Waals surface area contributed by atoms with E-state index < -0.39 is 32.4 Å². The van der Waals surface area contributed by atoms with Crippen LogP contribution in [0.5, 0.6) is 11.5 Å². The van der Waals surface area contributed by atoms with Crippen LogP contribution < -0.4 is 9.47 Å². The molecule has 6 aromatic carbocycles. The lowest BCUT2D eigenvalue weighted by atomic mass is 10.0. The standard InChI is InChI=1S/C36H28O7S2/c1-25(37)41-35-31-20-12-13-21-32(31)36(42-26(2)38)34-24-30(22-23-33(34)35)45(39,40)43-44(27-14-6-3-7-15-27,28-16-8-4-9-17-28)29-18-10-5-11-19-29/h3-24H,1-2H3. The lowest BCUT2D eigenvalue weighted by molar-refractivity contribution is -0.132. The van der Waals surface area contributed by atoms with Gasteiger partial charge in [0.05, 0.1) is 4.90 Å². The van der Waals surface area contributed by atoms with Crippen molar-refractivity contribution in [3.05, 3.63) is 133 Å². The second-order valence-corrected chi connectivity index (χ2v) is 14.6. The quantitative estimate of drug-likeness (QED) is 0.0940. The molecule has 45 heavy (non-hydrogen) atoms. The highest BCUT2D eigenvalue weighted by Gasteiger charge is 2.38. The highest BCUT2D eigenvalue weighted by molar-refractivity contribution is 8.33. The van der Waals surface area contributed by atoms with E-state index in [1.54, 1.807) is 24.3 Å². The molecule has 6 aromatic rings. The summed E-state index contributed by atoms with van der Waals surface area (Å²) in [7, 11) is -7.32. The summed E-state index contributed by atoms with van der Waals surface area (Å²) in [5, 5.41) is 1.67. The van der Waals surface area contributed by atoms with Gasteiger partial charge in [0.15, 0.2) is 0 Å². The van der Waals surface area contributed by atoms with Crippen LogP contribution in [0.15, 0.2) is 153 Å². The van der Waals surface area contributed by atoms with E-state index >= 15 is 0 Å². The van der Waals surface area contributed by atoms with Gasteiger partial charge in [-0.3, -0.25) is 9.59 Å². The van der Waals surface area contributed by atoms with Gasteiger partial charge in [-0.05, 0) is 64.9 Å². The summed E-state index contributed by atoms with van der Waals surface area (Å²) in [5.41, 5.74) is 0. The maximum Gasteiger partial charge on any atom is 0.308 e. The van der Waals surface area contributed by atoms with Crippen LogP contribution in [-0.2, 0) is 23.3 Å². The van der Waals surface area contributed by atoms with E-state index in [0.29, 0.717) is 30.8 Å². The lowest BCUT2D eigenvalue weighted by Crippen LogP contribution is -2.14. The summed E-state index contributed by atoms with van der Waals surface area (Å²) in [6.45, 7) is 2.55. The number of hydrogen-bond donors (Lipinski definition) is 0. The van der Waals surface area contributed by atoms with Crippen LogP contribution >= 0.6 is 10.3 Å². The zero-order valence-corrected chi connectivity index (χ0v) is 26.0. The molecule has 0 N–H and O–H groups in total. The van der Waals surface area contributed by atoms with Crippen LogP contribution in [-0.4, -0.2) is 20.4 Å². The van der Waals surface area contributed by atoms with Crippen LogP contribution in [0.2, 0.25) is 0 Å². The number of ether oxygens (including phenoxy) is 2. The van der Waals surface area contributed by atoms with Crippen molar-refractivity contribution >= 4 is 53.9 Å². The van der Waals surface area contributed by atoms with Gasteiger partial charge in [-0.15, -0.1) is 0 Å². The summed E-state index contributed by atoms with van der Waals surface area (Å²) in [6.07, 6.45) is 0. The first-order chi connectivity index (χ1) is 21.7. The first-order valence-corrected chi connectivity index (χ1v) is 17.0. The summed E-state index contributed by atoms with van der Waals surface area (Å²) in [4.78, 5) is 26.3. The molecular weight excluding hydrogens is 609 g/mol. The van der Waals surface area contributed by atoms with Gasteiger partial charge in [0.2, 0.25) is 0 Å². The Hall–Kier alpha value is -4.96.